The van der Waals surface area contributed by atoms with Crippen LogP contribution in [-0.2, 0) is 0 Å². The molecule has 0 saturated heterocycles. The molecule has 1 rings (SSSR count). The minimum absolute atomic E-state index is 0.189. The van der Waals surface area contributed by atoms with E-state index in [4.69, 9.17) is 10.8 Å². The minimum atomic E-state index is -1.59. The normalized spacial score (nSPS) is 9.40. The SMILES string of the molecule is Nc1ccc(F)c(OC(=O)NC(=O)O)c1. The number of halogens is 1. The van der Waals surface area contributed by atoms with E-state index in [2.05, 4.69) is 4.74 Å². The van der Waals surface area contributed by atoms with Gasteiger partial charge in [0, 0.05) is 11.8 Å². The molecule has 1 aromatic carbocycles. The average molecular weight is 214 g/mol. The third kappa shape index (κ3) is 3.14. The molecule has 0 aromatic heterocycles. The van der Waals surface area contributed by atoms with E-state index in [0.29, 0.717) is 0 Å². The van der Waals surface area contributed by atoms with Crippen molar-refractivity contribution in [2.75, 3.05) is 5.73 Å². The number of anilines is 1. The van der Waals surface area contributed by atoms with Crippen molar-refractivity contribution in [1.29, 1.82) is 0 Å². The van der Waals surface area contributed by atoms with Crippen molar-refractivity contribution in [3.05, 3.63) is 24.0 Å². The number of benzene rings is 1. The van der Waals surface area contributed by atoms with Gasteiger partial charge in [-0.15, -0.1) is 0 Å². The molecule has 7 heteroatoms. The molecule has 15 heavy (non-hydrogen) atoms. The highest BCUT2D eigenvalue weighted by atomic mass is 19.1. The first-order valence-electron chi connectivity index (χ1n) is 3.76. The molecule has 0 aliphatic heterocycles. The van der Waals surface area contributed by atoms with Crippen molar-refractivity contribution in [1.82, 2.24) is 5.32 Å². The van der Waals surface area contributed by atoms with E-state index in [1.807, 2.05) is 0 Å². The van der Waals surface area contributed by atoms with Crippen molar-refractivity contribution in [3.63, 3.8) is 0 Å². The van der Waals surface area contributed by atoms with E-state index < -0.39 is 23.8 Å². The Morgan fingerprint density at radius 3 is 2.73 bits per heavy atom. The van der Waals surface area contributed by atoms with Crippen LogP contribution in [0.15, 0.2) is 18.2 Å². The Bertz CT molecular complexity index is 408. The molecule has 0 heterocycles. The summed E-state index contributed by atoms with van der Waals surface area (Å²) in [5.41, 5.74) is 5.50. The monoisotopic (exact) mass is 214 g/mol. The summed E-state index contributed by atoms with van der Waals surface area (Å²) < 4.78 is 17.3. The molecule has 0 bridgehead atoms. The quantitative estimate of drug-likeness (QED) is 0.609. The lowest BCUT2D eigenvalue weighted by molar-refractivity contribution is 0.176. The van der Waals surface area contributed by atoms with Crippen LogP contribution in [0.2, 0.25) is 0 Å². The second-order valence-electron chi connectivity index (χ2n) is 2.51. The van der Waals surface area contributed by atoms with E-state index in [1.54, 1.807) is 0 Å². The van der Waals surface area contributed by atoms with Crippen LogP contribution in [0.1, 0.15) is 0 Å². The fraction of sp³-hybridized carbons (Fsp3) is 0. The largest absolute Gasteiger partial charge is 0.465 e. The fourth-order valence-corrected chi connectivity index (χ4v) is 0.811. The lowest BCUT2D eigenvalue weighted by Gasteiger charge is -2.04. The second kappa shape index (κ2) is 4.27. The van der Waals surface area contributed by atoms with Crippen LogP contribution in [-0.4, -0.2) is 17.3 Å². The Morgan fingerprint density at radius 1 is 1.47 bits per heavy atom. The molecule has 0 spiro atoms. The lowest BCUT2D eigenvalue weighted by Crippen LogP contribution is -2.31. The molecule has 0 saturated carbocycles. The maximum atomic E-state index is 13.0. The van der Waals surface area contributed by atoms with Gasteiger partial charge in [-0.3, -0.25) is 0 Å². The summed E-state index contributed by atoms with van der Waals surface area (Å²) in [6, 6.07) is 3.34. The van der Waals surface area contributed by atoms with Gasteiger partial charge in [-0.1, -0.05) is 0 Å². The number of carbonyl (C=O) groups is 2. The average Bonchev–Trinajstić information content (AvgIpc) is 2.10. The standard InChI is InChI=1S/C8H7FN2O4/c9-5-2-1-4(10)3-6(5)15-8(14)11-7(12)13/h1-3H,10H2,(H,11,14)(H,12,13). The van der Waals surface area contributed by atoms with Crippen molar-refractivity contribution >= 4 is 17.9 Å². The summed E-state index contributed by atoms with van der Waals surface area (Å²) in [5.74, 6) is -1.25. The van der Waals surface area contributed by atoms with Gasteiger partial charge >= 0.3 is 12.2 Å². The van der Waals surface area contributed by atoms with Gasteiger partial charge in [-0.05, 0) is 12.1 Å². The van der Waals surface area contributed by atoms with E-state index in [1.165, 1.54) is 11.4 Å². The highest BCUT2D eigenvalue weighted by Crippen LogP contribution is 2.19. The van der Waals surface area contributed by atoms with Crippen molar-refractivity contribution in [2.24, 2.45) is 0 Å². The van der Waals surface area contributed by atoms with Gasteiger partial charge in [0.2, 0.25) is 0 Å². The number of nitrogens with one attached hydrogen (secondary N) is 1. The number of nitrogens with two attached hydrogens (primary N) is 1. The number of carbonyl (C=O) groups excluding carboxylic acids is 1. The third-order valence-electron chi connectivity index (χ3n) is 1.37. The Hall–Kier alpha value is -2.31. The highest BCUT2D eigenvalue weighted by molar-refractivity contribution is 5.87. The van der Waals surface area contributed by atoms with Gasteiger partial charge in [-0.25, -0.2) is 19.3 Å². The predicted molar refractivity (Wildman–Crippen MR) is 48.0 cm³/mol. The van der Waals surface area contributed by atoms with Gasteiger partial charge < -0.3 is 15.6 Å². The smallest absolute Gasteiger partial charge is 0.422 e. The van der Waals surface area contributed by atoms with E-state index in [0.717, 1.165) is 12.1 Å². The zero-order chi connectivity index (χ0) is 11.4. The van der Waals surface area contributed by atoms with Crippen LogP contribution in [0.4, 0.5) is 19.7 Å². The Kier molecular flexibility index (Phi) is 3.06. The van der Waals surface area contributed by atoms with Crippen LogP contribution in [0, 0.1) is 5.82 Å². The first-order valence-corrected chi connectivity index (χ1v) is 3.76. The predicted octanol–water partition coefficient (Wildman–Crippen LogP) is 1.17. The number of imide groups is 1. The van der Waals surface area contributed by atoms with Gasteiger partial charge in [0.25, 0.3) is 0 Å². The molecule has 2 amide bonds. The van der Waals surface area contributed by atoms with Crippen molar-refractivity contribution < 1.29 is 23.8 Å². The molecule has 0 aliphatic rings. The van der Waals surface area contributed by atoms with Crippen LogP contribution in [0.3, 0.4) is 0 Å². The number of hydrogen-bond acceptors (Lipinski definition) is 4. The molecule has 1 aromatic rings. The zero-order valence-electron chi connectivity index (χ0n) is 7.36. The summed E-state index contributed by atoms with van der Waals surface area (Å²) >= 11 is 0. The topological polar surface area (TPSA) is 102 Å². The third-order valence-corrected chi connectivity index (χ3v) is 1.37. The van der Waals surface area contributed by atoms with Crippen LogP contribution < -0.4 is 15.8 Å². The number of ether oxygens (including phenoxy) is 1. The number of rotatable bonds is 1. The molecule has 0 aliphatic carbocycles. The molecular formula is C8H7FN2O4. The fourth-order valence-electron chi connectivity index (χ4n) is 0.811. The Balaban J connectivity index is 2.76. The molecule has 0 unspecified atom stereocenters. The maximum Gasteiger partial charge on any atom is 0.422 e. The maximum absolute atomic E-state index is 13.0. The number of hydrogen-bond donors (Lipinski definition) is 3. The number of nitrogen functional groups attached to an aromatic ring is 1. The first kappa shape index (κ1) is 10.8. The molecule has 0 atom stereocenters. The number of carboxylic acid groups (broad SMARTS) is 1. The Morgan fingerprint density at radius 2 is 2.13 bits per heavy atom. The lowest BCUT2D eigenvalue weighted by atomic mass is 10.3. The van der Waals surface area contributed by atoms with Crippen LogP contribution in [0.25, 0.3) is 0 Å². The summed E-state index contributed by atoms with van der Waals surface area (Å²) in [6.45, 7) is 0. The van der Waals surface area contributed by atoms with E-state index >= 15 is 0 Å². The van der Waals surface area contributed by atoms with E-state index in [9.17, 15) is 14.0 Å². The summed E-state index contributed by atoms with van der Waals surface area (Å²) in [5, 5.41) is 9.54. The summed E-state index contributed by atoms with van der Waals surface area (Å²) in [4.78, 5) is 20.8. The van der Waals surface area contributed by atoms with Crippen LogP contribution >= 0.6 is 0 Å². The summed E-state index contributed by atoms with van der Waals surface area (Å²) in [6.07, 6.45) is -2.89. The highest BCUT2D eigenvalue weighted by Gasteiger charge is 2.11. The minimum Gasteiger partial charge on any atom is -0.465 e. The molecule has 6 nitrogen and oxygen atoms in total. The van der Waals surface area contributed by atoms with Gasteiger partial charge in [0.1, 0.15) is 0 Å². The molecule has 80 valence electrons. The van der Waals surface area contributed by atoms with Gasteiger partial charge in [0.05, 0.1) is 0 Å². The van der Waals surface area contributed by atoms with Crippen LogP contribution in [0.5, 0.6) is 5.75 Å². The van der Waals surface area contributed by atoms with Gasteiger partial charge in [-0.2, -0.15) is 0 Å². The molecule has 0 radical (unpaired) electrons. The zero-order valence-corrected chi connectivity index (χ0v) is 7.36. The van der Waals surface area contributed by atoms with Crippen molar-refractivity contribution in [3.8, 4) is 5.75 Å². The molecular weight excluding hydrogens is 207 g/mol. The number of amides is 2. The molecule has 4 N–H and O–H groups in total. The summed E-state index contributed by atoms with van der Waals surface area (Å²) in [7, 11) is 0. The van der Waals surface area contributed by atoms with Crippen molar-refractivity contribution in [2.45, 2.75) is 0 Å². The second-order valence-corrected chi connectivity index (χ2v) is 2.51. The van der Waals surface area contributed by atoms with E-state index in [-0.39, 0.29) is 5.69 Å². The first-order chi connectivity index (χ1) is 6.99. The van der Waals surface area contributed by atoms with Gasteiger partial charge in [0.15, 0.2) is 11.6 Å². The Labute approximate surface area is 83.4 Å². The molecule has 0 fully saturated rings.